The molecule has 13 heteroatoms. The third-order valence-electron chi connectivity index (χ3n) is 14.9. The number of piperidine rings is 1. The van der Waals surface area contributed by atoms with E-state index in [4.69, 9.17) is 23.7 Å². The molecular formula is C52H81NO12. The summed E-state index contributed by atoms with van der Waals surface area (Å²) in [4.78, 5) is 71.9. The van der Waals surface area contributed by atoms with Crippen molar-refractivity contribution < 1.29 is 57.9 Å². The number of allylic oxidation sites excluding steroid dienone is 6. The molecule has 1 amide bonds. The van der Waals surface area contributed by atoms with Crippen LogP contribution in [0.5, 0.6) is 0 Å². The van der Waals surface area contributed by atoms with Crippen LogP contribution in [0.1, 0.15) is 132 Å². The summed E-state index contributed by atoms with van der Waals surface area (Å²) in [6, 6.07) is -1.11. The van der Waals surface area contributed by atoms with Crippen molar-refractivity contribution in [2.75, 3.05) is 27.9 Å². The molecule has 3 heterocycles. The number of esters is 1. The fourth-order valence-corrected chi connectivity index (χ4v) is 10.4. The van der Waals surface area contributed by atoms with Gasteiger partial charge in [-0.2, -0.15) is 0 Å². The van der Waals surface area contributed by atoms with E-state index in [1.165, 1.54) is 12.0 Å². The Hall–Kier alpha value is -3.33. The Labute approximate surface area is 388 Å². The van der Waals surface area contributed by atoms with Gasteiger partial charge in [0.05, 0.1) is 24.4 Å². The highest BCUT2D eigenvalue weighted by Crippen LogP contribution is 2.38. The van der Waals surface area contributed by atoms with Crippen LogP contribution in [-0.4, -0.2) is 121 Å². The van der Waals surface area contributed by atoms with E-state index in [-0.39, 0.29) is 54.8 Å². The van der Waals surface area contributed by atoms with Gasteiger partial charge in [0.15, 0.2) is 11.6 Å². The highest BCUT2D eigenvalue weighted by atomic mass is 16.6. The average molecular weight is 912 g/mol. The topological polar surface area (TPSA) is 175 Å². The van der Waals surface area contributed by atoms with Gasteiger partial charge in [-0.05, 0) is 113 Å². The van der Waals surface area contributed by atoms with Crippen LogP contribution in [0.4, 0.5) is 0 Å². The number of ether oxygens (including phenoxy) is 5. The molecule has 1 aliphatic carbocycles. The Kier molecular flexibility index (Phi) is 21.0. The molecule has 3 fully saturated rings. The maximum absolute atomic E-state index is 14.4. The van der Waals surface area contributed by atoms with Crippen LogP contribution in [-0.2, 0) is 47.7 Å². The van der Waals surface area contributed by atoms with Crippen LogP contribution in [0.25, 0.3) is 0 Å². The summed E-state index contributed by atoms with van der Waals surface area (Å²) in [5.74, 6) is -7.06. The molecule has 0 radical (unpaired) electrons. The van der Waals surface area contributed by atoms with E-state index in [1.54, 1.807) is 41.1 Å². The first-order chi connectivity index (χ1) is 30.7. The highest BCUT2D eigenvalue weighted by molar-refractivity contribution is 6.39. The number of carbonyl (C=O) groups is 5. The standard InChI is InChI=1S/C52H81NO12/c1-31-17-13-12-14-18-32(2)44(62-10)29-40-23-21-38(8)52(60,65-40)49(57)50(58)53-24-16-15-19-41(53)51(59)64-45(35(5)27-39-22-20-33(3)43(28-39)61-9)30-42(54)34(4)26-37(7)47(56)48(63-11)46(55)36(6)25-31/h12-14,17-18,26,31,33,35-41,43-45,47-48,56,60H,15-16,19-25,27-30H2,1-11H3/t31-,33-,35-,36-,37?,38-,39+,40+,41+,43-,44+,45+,47-,48+,52-/m1/s1. The summed E-state index contributed by atoms with van der Waals surface area (Å²) in [5, 5.41) is 23.4. The minimum Gasteiger partial charge on any atom is -0.460 e. The molecule has 1 saturated carbocycles. The molecule has 0 spiro atoms. The van der Waals surface area contributed by atoms with Gasteiger partial charge in [-0.1, -0.05) is 78.0 Å². The van der Waals surface area contributed by atoms with Crippen molar-refractivity contribution in [3.8, 4) is 0 Å². The van der Waals surface area contributed by atoms with Crippen LogP contribution >= 0.6 is 0 Å². The number of aliphatic hydroxyl groups is 2. The molecule has 65 heavy (non-hydrogen) atoms. The van der Waals surface area contributed by atoms with Crippen LogP contribution in [0, 0.1) is 41.4 Å². The van der Waals surface area contributed by atoms with Crippen molar-refractivity contribution in [2.45, 2.75) is 181 Å². The Morgan fingerprint density at radius 2 is 1.58 bits per heavy atom. The van der Waals surface area contributed by atoms with Crippen LogP contribution in [0.3, 0.4) is 0 Å². The largest absolute Gasteiger partial charge is 0.460 e. The number of ketones is 3. The van der Waals surface area contributed by atoms with Gasteiger partial charge in [-0.15, -0.1) is 0 Å². The zero-order chi connectivity index (χ0) is 48.2. The fourth-order valence-electron chi connectivity index (χ4n) is 10.4. The summed E-state index contributed by atoms with van der Waals surface area (Å²) in [7, 11) is 4.71. The Morgan fingerprint density at radius 3 is 2.26 bits per heavy atom. The van der Waals surface area contributed by atoms with E-state index in [0.717, 1.165) is 24.8 Å². The van der Waals surface area contributed by atoms with E-state index in [1.807, 2.05) is 58.1 Å². The zero-order valence-corrected chi connectivity index (χ0v) is 41.2. The number of amides is 1. The second-order valence-corrected chi connectivity index (χ2v) is 20.0. The second kappa shape index (κ2) is 25.2. The van der Waals surface area contributed by atoms with E-state index in [9.17, 15) is 34.2 Å². The number of hydrogen-bond acceptors (Lipinski definition) is 12. The summed E-state index contributed by atoms with van der Waals surface area (Å²) in [6.45, 7) is 15.1. The second-order valence-electron chi connectivity index (χ2n) is 20.0. The van der Waals surface area contributed by atoms with E-state index in [2.05, 4.69) is 6.92 Å². The van der Waals surface area contributed by atoms with Gasteiger partial charge in [0, 0.05) is 58.5 Å². The molecular weight excluding hydrogens is 831 g/mol. The first kappa shape index (κ1) is 54.3. The van der Waals surface area contributed by atoms with Crippen molar-refractivity contribution in [1.82, 2.24) is 4.90 Å². The lowest BCUT2D eigenvalue weighted by Gasteiger charge is -2.42. The summed E-state index contributed by atoms with van der Waals surface area (Å²) in [6.07, 6.45) is 13.7. The number of aliphatic hydroxyl groups excluding tert-OH is 1. The number of nitrogens with zero attached hydrogens (tertiary/aromatic N) is 1. The quantitative estimate of drug-likeness (QED) is 0.199. The van der Waals surface area contributed by atoms with Crippen molar-refractivity contribution in [2.24, 2.45) is 41.4 Å². The maximum Gasteiger partial charge on any atom is 0.329 e. The summed E-state index contributed by atoms with van der Waals surface area (Å²) < 4.78 is 29.7. The molecule has 0 aromatic rings. The highest BCUT2D eigenvalue weighted by Gasteiger charge is 2.53. The molecule has 366 valence electrons. The minimum absolute atomic E-state index is 0.0331. The molecule has 2 N–H and O–H groups in total. The molecule has 4 rings (SSSR count). The first-order valence-electron chi connectivity index (χ1n) is 24.2. The molecule has 1 unspecified atom stereocenters. The molecule has 4 aliphatic rings. The lowest BCUT2D eigenvalue weighted by molar-refractivity contribution is -0.265. The zero-order valence-electron chi connectivity index (χ0n) is 41.2. The van der Waals surface area contributed by atoms with Crippen LogP contribution < -0.4 is 0 Å². The van der Waals surface area contributed by atoms with Gasteiger partial charge in [-0.3, -0.25) is 19.2 Å². The predicted molar refractivity (Wildman–Crippen MR) is 248 cm³/mol. The molecule has 0 aromatic heterocycles. The molecule has 3 aliphatic heterocycles. The Balaban J connectivity index is 1.70. The van der Waals surface area contributed by atoms with Crippen LogP contribution in [0.2, 0.25) is 0 Å². The average Bonchev–Trinajstić information content (AvgIpc) is 3.28. The number of hydrogen-bond donors (Lipinski definition) is 2. The minimum atomic E-state index is -2.41. The molecule has 0 aromatic carbocycles. The maximum atomic E-state index is 14.4. The molecule has 13 nitrogen and oxygen atoms in total. The number of methoxy groups -OCH3 is 3. The number of carbonyl (C=O) groups excluding carboxylic acids is 5. The Morgan fingerprint density at radius 1 is 0.862 bits per heavy atom. The van der Waals surface area contributed by atoms with E-state index < -0.39 is 77.8 Å². The van der Waals surface area contributed by atoms with Gasteiger partial charge in [0.2, 0.25) is 5.79 Å². The van der Waals surface area contributed by atoms with E-state index in [0.29, 0.717) is 56.4 Å². The number of Topliss-reactive ketones (excluding diaryl/α,β-unsaturated/α-hetero) is 3. The molecule has 2 bridgehead atoms. The van der Waals surface area contributed by atoms with Gasteiger partial charge in [0.1, 0.15) is 18.2 Å². The van der Waals surface area contributed by atoms with Gasteiger partial charge in [-0.25, -0.2) is 4.79 Å². The van der Waals surface area contributed by atoms with Gasteiger partial charge < -0.3 is 38.8 Å². The van der Waals surface area contributed by atoms with Crippen molar-refractivity contribution in [3.05, 3.63) is 47.6 Å². The lowest BCUT2D eigenvalue weighted by Crippen LogP contribution is -2.61. The van der Waals surface area contributed by atoms with Crippen molar-refractivity contribution >= 4 is 29.2 Å². The first-order valence-corrected chi connectivity index (χ1v) is 24.2. The normalized spacial score (nSPS) is 37.8. The molecule has 15 atom stereocenters. The molecule has 2 saturated heterocycles. The monoisotopic (exact) mass is 912 g/mol. The smallest absolute Gasteiger partial charge is 0.329 e. The van der Waals surface area contributed by atoms with Crippen molar-refractivity contribution in [3.63, 3.8) is 0 Å². The third kappa shape index (κ3) is 14.3. The summed E-state index contributed by atoms with van der Waals surface area (Å²) >= 11 is 0. The van der Waals surface area contributed by atoms with Crippen molar-refractivity contribution in [1.29, 1.82) is 0 Å². The predicted octanol–water partition coefficient (Wildman–Crippen LogP) is 7.46. The Bertz CT molecular complexity index is 1750. The van der Waals surface area contributed by atoms with Gasteiger partial charge >= 0.3 is 5.97 Å². The number of cyclic esters (lactones) is 1. The number of rotatable bonds is 6. The SMILES string of the molecule is CO[C@H]1C[C@@H]2CC[C@@H](C)[C@@](O)(O2)C(=O)C(=O)N2CCCC[C@H]2C(=O)O[C@H]([C@H](C)C[C@@H]2CC[C@@H](C)[C@H](OC)C2)CC(=O)C(C)=CC(C)[C@@H](O)[C@@H](OC)C(=O)[C@H](C)C[C@H](C)C=CC=CC=C1C. The lowest BCUT2D eigenvalue weighted by atomic mass is 9.76. The van der Waals surface area contributed by atoms with Gasteiger partial charge in [0.25, 0.3) is 11.7 Å². The van der Waals surface area contributed by atoms with Crippen LogP contribution in [0.15, 0.2) is 47.6 Å². The number of fused-ring (bicyclic) bond motifs is 3. The third-order valence-corrected chi connectivity index (χ3v) is 14.9. The fraction of sp³-hybridized carbons (Fsp3) is 0.750. The van der Waals surface area contributed by atoms with E-state index >= 15 is 0 Å². The summed E-state index contributed by atoms with van der Waals surface area (Å²) in [5.41, 5.74) is 1.23.